The van der Waals surface area contributed by atoms with Crippen LogP contribution in [0.15, 0.2) is 24.3 Å². The maximum atomic E-state index is 11.2. The number of carboxylic acids is 1. The van der Waals surface area contributed by atoms with E-state index in [0.717, 1.165) is 0 Å². The second-order valence-corrected chi connectivity index (χ2v) is 2.66. The Morgan fingerprint density at radius 2 is 1.87 bits per heavy atom. The minimum Gasteiger partial charge on any atom is -0.508 e. The predicted octanol–water partition coefficient (Wildman–Crippen LogP) is 0.138. The van der Waals surface area contributed by atoms with Gasteiger partial charge < -0.3 is 10.2 Å². The van der Waals surface area contributed by atoms with Crippen molar-refractivity contribution >= 4 is 11.9 Å². The molecule has 6 nitrogen and oxygen atoms in total. The van der Waals surface area contributed by atoms with Gasteiger partial charge in [0.1, 0.15) is 5.75 Å². The molecule has 0 fully saturated rings. The lowest BCUT2D eigenvalue weighted by molar-refractivity contribution is -0.144. The molecule has 0 saturated carbocycles. The smallest absolute Gasteiger partial charge is 0.332 e. The molecular formula is C9H9NO5. The van der Waals surface area contributed by atoms with Gasteiger partial charge in [0, 0.05) is 5.56 Å². The molecule has 0 aliphatic rings. The summed E-state index contributed by atoms with van der Waals surface area (Å²) in [7, 11) is 0. The van der Waals surface area contributed by atoms with Crippen LogP contribution in [0.2, 0.25) is 0 Å². The maximum absolute atomic E-state index is 11.2. The molecule has 0 bridgehead atoms. The summed E-state index contributed by atoms with van der Waals surface area (Å²) in [6.45, 7) is -0.607. The average Bonchev–Trinajstić information content (AvgIpc) is 2.18. The third-order valence-corrected chi connectivity index (χ3v) is 1.49. The van der Waals surface area contributed by atoms with Crippen molar-refractivity contribution in [2.75, 3.05) is 6.61 Å². The van der Waals surface area contributed by atoms with E-state index in [1.807, 2.05) is 5.48 Å². The van der Waals surface area contributed by atoms with Crippen molar-refractivity contribution < 1.29 is 24.6 Å². The fourth-order valence-corrected chi connectivity index (χ4v) is 0.835. The number of rotatable bonds is 4. The molecule has 3 N–H and O–H groups in total. The van der Waals surface area contributed by atoms with Crippen LogP contribution in [0.5, 0.6) is 5.75 Å². The van der Waals surface area contributed by atoms with Gasteiger partial charge in [-0.3, -0.25) is 9.63 Å². The largest absolute Gasteiger partial charge is 0.508 e. The quantitative estimate of drug-likeness (QED) is 0.615. The number of hydroxylamine groups is 1. The van der Waals surface area contributed by atoms with Crippen LogP contribution in [-0.4, -0.2) is 28.7 Å². The fourth-order valence-electron chi connectivity index (χ4n) is 0.835. The number of phenolic OH excluding ortho intramolecular Hbond substituents is 1. The number of phenols is 1. The molecule has 0 atom stereocenters. The topological polar surface area (TPSA) is 95.9 Å². The van der Waals surface area contributed by atoms with E-state index >= 15 is 0 Å². The number of benzene rings is 1. The van der Waals surface area contributed by atoms with Crippen LogP contribution in [0, 0.1) is 0 Å². The molecule has 1 aromatic rings. The second-order valence-electron chi connectivity index (χ2n) is 2.66. The molecule has 0 aliphatic carbocycles. The Balaban J connectivity index is 2.47. The highest BCUT2D eigenvalue weighted by Crippen LogP contribution is 2.09. The van der Waals surface area contributed by atoms with E-state index in [-0.39, 0.29) is 11.3 Å². The lowest BCUT2D eigenvalue weighted by Gasteiger charge is -2.03. The summed E-state index contributed by atoms with van der Waals surface area (Å²) in [4.78, 5) is 25.7. The lowest BCUT2D eigenvalue weighted by atomic mass is 10.2. The molecule has 6 heteroatoms. The number of carbonyl (C=O) groups excluding carboxylic acids is 1. The number of hydrogen-bond donors (Lipinski definition) is 3. The van der Waals surface area contributed by atoms with Crippen LogP contribution in [0.3, 0.4) is 0 Å². The Morgan fingerprint density at radius 1 is 1.27 bits per heavy atom. The van der Waals surface area contributed by atoms with Crippen LogP contribution < -0.4 is 5.48 Å². The first kappa shape index (κ1) is 11.0. The molecular weight excluding hydrogens is 202 g/mol. The van der Waals surface area contributed by atoms with Crippen molar-refractivity contribution in [1.82, 2.24) is 5.48 Å². The summed E-state index contributed by atoms with van der Waals surface area (Å²) in [5, 5.41) is 17.2. The molecule has 0 heterocycles. The number of nitrogens with one attached hydrogen (secondary N) is 1. The molecule has 0 saturated heterocycles. The molecule has 0 aliphatic heterocycles. The first-order valence-corrected chi connectivity index (χ1v) is 4.02. The lowest BCUT2D eigenvalue weighted by Crippen LogP contribution is -2.26. The van der Waals surface area contributed by atoms with E-state index < -0.39 is 18.5 Å². The van der Waals surface area contributed by atoms with Gasteiger partial charge in [-0.25, -0.2) is 10.3 Å². The second kappa shape index (κ2) is 4.97. The highest BCUT2D eigenvalue weighted by atomic mass is 16.7. The molecule has 0 radical (unpaired) electrons. The number of carbonyl (C=O) groups is 2. The SMILES string of the molecule is O=C(O)CONC(=O)c1ccc(O)cc1. The van der Waals surface area contributed by atoms with E-state index in [4.69, 9.17) is 10.2 Å². The molecule has 1 amide bonds. The first-order chi connectivity index (χ1) is 7.09. The third kappa shape index (κ3) is 3.65. The Kier molecular flexibility index (Phi) is 3.64. The van der Waals surface area contributed by atoms with Crippen LogP contribution in [-0.2, 0) is 9.63 Å². The van der Waals surface area contributed by atoms with Gasteiger partial charge in [0.15, 0.2) is 6.61 Å². The number of aliphatic carboxylic acids is 1. The van der Waals surface area contributed by atoms with Crippen LogP contribution in [0.25, 0.3) is 0 Å². The Labute approximate surface area is 85.1 Å². The van der Waals surface area contributed by atoms with Crippen molar-refractivity contribution in [3.05, 3.63) is 29.8 Å². The van der Waals surface area contributed by atoms with E-state index in [0.29, 0.717) is 0 Å². The average molecular weight is 211 g/mol. The molecule has 80 valence electrons. The van der Waals surface area contributed by atoms with Gasteiger partial charge in [-0.15, -0.1) is 0 Å². The summed E-state index contributed by atoms with van der Waals surface area (Å²) in [5.41, 5.74) is 2.21. The minimum absolute atomic E-state index is 0.0398. The Bertz CT molecular complexity index is 359. The van der Waals surface area contributed by atoms with Gasteiger partial charge in [0.2, 0.25) is 0 Å². The van der Waals surface area contributed by atoms with Crippen molar-refractivity contribution in [3.8, 4) is 5.75 Å². The van der Waals surface area contributed by atoms with Gasteiger partial charge in [0.05, 0.1) is 0 Å². The number of hydrogen-bond acceptors (Lipinski definition) is 4. The fraction of sp³-hybridized carbons (Fsp3) is 0.111. The highest BCUT2D eigenvalue weighted by Gasteiger charge is 2.05. The van der Waals surface area contributed by atoms with Gasteiger partial charge >= 0.3 is 5.97 Å². The van der Waals surface area contributed by atoms with Crippen molar-refractivity contribution in [2.45, 2.75) is 0 Å². The van der Waals surface area contributed by atoms with Crippen molar-refractivity contribution in [1.29, 1.82) is 0 Å². The maximum Gasteiger partial charge on any atom is 0.332 e. The van der Waals surface area contributed by atoms with Gasteiger partial charge in [-0.2, -0.15) is 0 Å². The van der Waals surface area contributed by atoms with Crippen LogP contribution >= 0.6 is 0 Å². The number of aromatic hydroxyl groups is 1. The van der Waals surface area contributed by atoms with E-state index in [1.165, 1.54) is 24.3 Å². The van der Waals surface area contributed by atoms with Crippen LogP contribution in [0.4, 0.5) is 0 Å². The van der Waals surface area contributed by atoms with Crippen LogP contribution in [0.1, 0.15) is 10.4 Å². The molecule has 0 spiro atoms. The van der Waals surface area contributed by atoms with E-state index in [9.17, 15) is 9.59 Å². The zero-order valence-electron chi connectivity index (χ0n) is 7.64. The van der Waals surface area contributed by atoms with Gasteiger partial charge in [-0.05, 0) is 24.3 Å². The summed E-state index contributed by atoms with van der Waals surface area (Å²) in [5.74, 6) is -1.71. The summed E-state index contributed by atoms with van der Waals surface area (Å²) in [6.07, 6.45) is 0. The molecule has 0 aromatic heterocycles. The molecule has 1 rings (SSSR count). The normalized spacial score (nSPS) is 9.60. The Morgan fingerprint density at radius 3 is 2.40 bits per heavy atom. The third-order valence-electron chi connectivity index (χ3n) is 1.49. The predicted molar refractivity (Wildman–Crippen MR) is 49.2 cm³/mol. The monoisotopic (exact) mass is 211 g/mol. The van der Waals surface area contributed by atoms with E-state index in [1.54, 1.807) is 0 Å². The molecule has 0 unspecified atom stereocenters. The van der Waals surface area contributed by atoms with Gasteiger partial charge in [0.25, 0.3) is 5.91 Å². The first-order valence-electron chi connectivity index (χ1n) is 4.02. The highest BCUT2D eigenvalue weighted by molar-refractivity contribution is 5.93. The van der Waals surface area contributed by atoms with Crippen molar-refractivity contribution in [3.63, 3.8) is 0 Å². The number of amides is 1. The summed E-state index contributed by atoms with van der Waals surface area (Å²) < 4.78 is 0. The Hall–Kier alpha value is -2.08. The van der Waals surface area contributed by atoms with Gasteiger partial charge in [-0.1, -0.05) is 0 Å². The summed E-state index contributed by atoms with van der Waals surface area (Å²) >= 11 is 0. The van der Waals surface area contributed by atoms with Crippen molar-refractivity contribution in [2.24, 2.45) is 0 Å². The molecule has 1 aromatic carbocycles. The standard InChI is InChI=1S/C9H9NO5/c11-7-3-1-6(2-4-7)9(14)10-15-5-8(12)13/h1-4,11H,5H2,(H,10,14)(H,12,13). The zero-order chi connectivity index (χ0) is 11.3. The zero-order valence-corrected chi connectivity index (χ0v) is 7.64. The minimum atomic E-state index is -1.18. The number of carboxylic acid groups (broad SMARTS) is 1. The summed E-state index contributed by atoms with van der Waals surface area (Å²) in [6, 6.07) is 5.45. The van der Waals surface area contributed by atoms with E-state index in [2.05, 4.69) is 4.84 Å². The molecule has 15 heavy (non-hydrogen) atoms.